The van der Waals surface area contributed by atoms with E-state index in [9.17, 15) is 4.79 Å². The largest absolute Gasteiger partial charge is 0.464 e. The zero-order chi connectivity index (χ0) is 13.4. The summed E-state index contributed by atoms with van der Waals surface area (Å²) in [5.74, 6) is 0.107. The van der Waals surface area contributed by atoms with Crippen LogP contribution in [0.5, 0.6) is 0 Å². The first-order chi connectivity index (χ1) is 9.20. The first-order valence-corrected chi connectivity index (χ1v) is 5.69. The van der Waals surface area contributed by atoms with Crippen LogP contribution in [0.3, 0.4) is 0 Å². The summed E-state index contributed by atoms with van der Waals surface area (Å²) < 4.78 is 6.38. The monoisotopic (exact) mass is 258 g/mol. The number of esters is 1. The van der Waals surface area contributed by atoms with Gasteiger partial charge >= 0.3 is 11.6 Å². The molecular weight excluding hydrogens is 246 g/mol. The predicted molar refractivity (Wildman–Crippen MR) is 65.3 cm³/mol. The van der Waals surface area contributed by atoms with Crippen molar-refractivity contribution in [2.45, 2.75) is 0 Å². The molecule has 1 aromatic carbocycles. The van der Waals surface area contributed by atoms with Crippen LogP contribution in [0.25, 0.3) is 17.0 Å². The van der Waals surface area contributed by atoms with Crippen LogP contribution in [0.4, 0.5) is 0 Å². The second-order valence-electron chi connectivity index (χ2n) is 4.02. The summed E-state index contributed by atoms with van der Waals surface area (Å²) in [4.78, 5) is 17.5. The Labute approximate surface area is 108 Å². The fraction of sp³-hybridized carbons (Fsp3) is 0.167. The summed E-state index contributed by atoms with van der Waals surface area (Å²) in [5.41, 5.74) is 1.52. The highest BCUT2D eigenvalue weighted by Gasteiger charge is 2.27. The Morgan fingerprint density at radius 2 is 2.11 bits per heavy atom. The summed E-state index contributed by atoms with van der Waals surface area (Å²) in [5, 5.41) is 7.17. The van der Waals surface area contributed by atoms with Crippen molar-refractivity contribution in [3.63, 3.8) is 0 Å². The Balaban J connectivity index is 2.28. The van der Waals surface area contributed by atoms with E-state index < -0.39 is 5.97 Å². The van der Waals surface area contributed by atoms with E-state index in [1.807, 2.05) is 30.3 Å². The molecule has 0 saturated heterocycles. The first kappa shape index (κ1) is 11.4. The van der Waals surface area contributed by atoms with Gasteiger partial charge < -0.3 is 4.74 Å². The average molecular weight is 258 g/mol. The molecule has 0 unspecified atom stereocenters. The number of carbonyl (C=O) groups is 1. The van der Waals surface area contributed by atoms with Gasteiger partial charge in [-0.15, -0.1) is 0 Å². The molecule has 0 atom stereocenters. The van der Waals surface area contributed by atoms with Crippen molar-refractivity contribution >= 4 is 11.6 Å². The molecule has 0 bridgehead atoms. The topological polar surface area (TPSA) is 76.2 Å². The Hall–Kier alpha value is -2.70. The molecular formula is C12H12N5O2+. The van der Waals surface area contributed by atoms with Gasteiger partial charge in [-0.25, -0.2) is 4.79 Å². The molecule has 0 spiro atoms. The molecule has 0 aliphatic rings. The average Bonchev–Trinajstić information content (AvgIpc) is 2.96. The maximum atomic E-state index is 11.7. The molecule has 3 aromatic rings. The number of aromatic nitrogens is 5. The zero-order valence-corrected chi connectivity index (χ0v) is 10.5. The van der Waals surface area contributed by atoms with Gasteiger partial charge in [-0.2, -0.15) is 4.98 Å². The molecule has 3 rings (SSSR count). The van der Waals surface area contributed by atoms with Gasteiger partial charge in [-0.3, -0.25) is 0 Å². The third-order valence-electron chi connectivity index (χ3n) is 2.75. The third kappa shape index (κ3) is 1.75. The van der Waals surface area contributed by atoms with Crippen molar-refractivity contribution in [2.75, 3.05) is 7.11 Å². The first-order valence-electron chi connectivity index (χ1n) is 5.69. The highest BCUT2D eigenvalue weighted by molar-refractivity contribution is 5.94. The standard InChI is InChI=1S/C12H11N5O2/c1-16-14-11-9(12(18)19-2)13-10(17(11)15-16)8-6-4-3-5-7-8/h3-7H,1-2H3/p+1. The SMILES string of the molecule is COC(=O)c1nc(-c2ccccc2)n2[nH][n+](C)nc12. The lowest BCUT2D eigenvalue weighted by Gasteiger charge is -1.92. The number of imidazole rings is 1. The van der Waals surface area contributed by atoms with E-state index >= 15 is 0 Å². The zero-order valence-electron chi connectivity index (χ0n) is 10.5. The van der Waals surface area contributed by atoms with E-state index in [1.54, 1.807) is 11.6 Å². The van der Waals surface area contributed by atoms with E-state index in [4.69, 9.17) is 4.74 Å². The summed E-state index contributed by atoms with van der Waals surface area (Å²) in [6, 6.07) is 9.56. The van der Waals surface area contributed by atoms with Crippen LogP contribution in [0.2, 0.25) is 0 Å². The minimum Gasteiger partial charge on any atom is -0.464 e. The van der Waals surface area contributed by atoms with Crippen molar-refractivity contribution in [2.24, 2.45) is 7.05 Å². The molecule has 0 amide bonds. The molecule has 2 aromatic heterocycles. The minimum absolute atomic E-state index is 0.193. The van der Waals surface area contributed by atoms with Gasteiger partial charge in [0.1, 0.15) is 7.05 Å². The fourth-order valence-electron chi connectivity index (χ4n) is 1.92. The van der Waals surface area contributed by atoms with Crippen molar-refractivity contribution in [3.8, 4) is 11.4 Å². The lowest BCUT2D eigenvalue weighted by molar-refractivity contribution is -0.783. The van der Waals surface area contributed by atoms with Crippen LogP contribution >= 0.6 is 0 Å². The summed E-state index contributed by atoms with van der Waals surface area (Å²) in [6.07, 6.45) is 0. The smallest absolute Gasteiger partial charge is 0.363 e. The van der Waals surface area contributed by atoms with Gasteiger partial charge in [0.2, 0.25) is 5.69 Å². The number of nitrogens with zero attached hydrogens (tertiary/aromatic N) is 4. The number of ether oxygens (including phenoxy) is 1. The van der Waals surface area contributed by atoms with Crippen LogP contribution in [-0.2, 0) is 11.8 Å². The number of benzene rings is 1. The van der Waals surface area contributed by atoms with E-state index in [0.29, 0.717) is 11.5 Å². The number of fused-ring (bicyclic) bond motifs is 1. The molecule has 96 valence electrons. The number of tetrazole rings is 1. The van der Waals surface area contributed by atoms with Crippen molar-refractivity contribution in [1.82, 2.24) is 19.8 Å². The van der Waals surface area contributed by atoms with Crippen LogP contribution < -0.4 is 4.80 Å². The van der Waals surface area contributed by atoms with E-state index in [2.05, 4.69) is 15.3 Å². The second-order valence-corrected chi connectivity index (χ2v) is 4.02. The van der Waals surface area contributed by atoms with Crippen molar-refractivity contribution in [1.29, 1.82) is 0 Å². The molecule has 19 heavy (non-hydrogen) atoms. The van der Waals surface area contributed by atoms with Crippen LogP contribution in [0, 0.1) is 0 Å². The van der Waals surface area contributed by atoms with E-state index in [0.717, 1.165) is 5.56 Å². The quantitative estimate of drug-likeness (QED) is 0.531. The Morgan fingerprint density at radius 1 is 1.37 bits per heavy atom. The van der Waals surface area contributed by atoms with Gasteiger partial charge in [-0.1, -0.05) is 32.7 Å². The number of hydrogen-bond acceptors (Lipinski definition) is 4. The second kappa shape index (κ2) is 4.20. The normalized spacial score (nSPS) is 10.8. The number of hydrogen-bond donors (Lipinski definition) is 1. The molecule has 0 aliphatic heterocycles. The summed E-state index contributed by atoms with van der Waals surface area (Å²) >= 11 is 0. The van der Waals surface area contributed by atoms with Gasteiger partial charge in [0, 0.05) is 5.56 Å². The van der Waals surface area contributed by atoms with Crippen LogP contribution in [0.15, 0.2) is 30.3 Å². The maximum absolute atomic E-state index is 11.7. The number of methoxy groups -OCH3 is 1. The minimum atomic E-state index is -0.508. The Morgan fingerprint density at radius 3 is 2.79 bits per heavy atom. The van der Waals surface area contributed by atoms with Gasteiger partial charge in [0.15, 0.2) is 0 Å². The number of carbonyl (C=O) groups excluding carboxylic acids is 1. The summed E-state index contributed by atoms with van der Waals surface area (Å²) in [7, 11) is 3.06. The number of rotatable bonds is 2. The molecule has 2 heterocycles. The lowest BCUT2D eigenvalue weighted by Crippen LogP contribution is -2.34. The van der Waals surface area contributed by atoms with Gasteiger partial charge in [-0.05, 0) is 17.2 Å². The van der Waals surface area contributed by atoms with Gasteiger partial charge in [0.25, 0.3) is 5.82 Å². The molecule has 1 N–H and O–H groups in total. The highest BCUT2D eigenvalue weighted by Crippen LogP contribution is 2.20. The van der Waals surface area contributed by atoms with Gasteiger partial charge in [0.05, 0.1) is 7.11 Å². The Bertz CT molecular complexity index is 744. The molecule has 0 aliphatic carbocycles. The number of nitrogens with one attached hydrogen (secondary N) is 1. The van der Waals surface area contributed by atoms with Crippen molar-refractivity contribution < 1.29 is 14.3 Å². The van der Waals surface area contributed by atoms with E-state index in [1.165, 1.54) is 11.9 Å². The summed E-state index contributed by atoms with van der Waals surface area (Å²) in [6.45, 7) is 0. The molecule has 0 saturated carbocycles. The van der Waals surface area contributed by atoms with Crippen LogP contribution in [-0.4, -0.2) is 32.9 Å². The fourth-order valence-corrected chi connectivity index (χ4v) is 1.92. The predicted octanol–water partition coefficient (Wildman–Crippen LogP) is 0.335. The highest BCUT2D eigenvalue weighted by atomic mass is 16.5. The molecule has 0 radical (unpaired) electrons. The number of H-pyrrole nitrogens is 1. The lowest BCUT2D eigenvalue weighted by atomic mass is 10.2. The molecule has 0 fully saturated rings. The third-order valence-corrected chi connectivity index (χ3v) is 2.75. The van der Waals surface area contributed by atoms with Crippen molar-refractivity contribution in [3.05, 3.63) is 36.0 Å². The number of aromatic amines is 1. The molecule has 7 nitrogen and oxygen atoms in total. The Kier molecular flexibility index (Phi) is 2.52. The maximum Gasteiger partial charge on any atom is 0.363 e. The van der Waals surface area contributed by atoms with E-state index in [-0.39, 0.29) is 5.69 Å². The van der Waals surface area contributed by atoms with Crippen LogP contribution in [0.1, 0.15) is 10.5 Å². The molecule has 7 heteroatoms. The number of aryl methyl sites for hydroxylation is 1.